The molecule has 1 fully saturated rings. The van der Waals surface area contributed by atoms with E-state index in [0.29, 0.717) is 12.4 Å². The van der Waals surface area contributed by atoms with Gasteiger partial charge in [-0.15, -0.1) is 24.0 Å². The largest absolute Gasteiger partial charge is 0.444 e. The van der Waals surface area contributed by atoms with Gasteiger partial charge in [0.25, 0.3) is 0 Å². The van der Waals surface area contributed by atoms with Crippen molar-refractivity contribution < 1.29 is 4.42 Å². The lowest BCUT2D eigenvalue weighted by Gasteiger charge is -2.34. The summed E-state index contributed by atoms with van der Waals surface area (Å²) >= 11 is 0. The van der Waals surface area contributed by atoms with Crippen molar-refractivity contribution in [1.82, 2.24) is 30.5 Å². The standard InChI is InChI=1S/C24H32N8O.HI/c1-19-5-7-20(8-6-19)22-30-21(18-33-22)17-29-23(25-2)26-11-4-12-31-13-15-32(16-14-31)24-27-9-3-10-28-24;/h3,5-10,18H,4,11-17H2,1-2H3,(H2,25,26,29);1H. The van der Waals surface area contributed by atoms with Crippen molar-refractivity contribution in [2.75, 3.05) is 51.2 Å². The van der Waals surface area contributed by atoms with Crippen LogP contribution in [0.3, 0.4) is 0 Å². The van der Waals surface area contributed by atoms with Gasteiger partial charge in [0.05, 0.1) is 12.2 Å². The Morgan fingerprint density at radius 3 is 2.50 bits per heavy atom. The van der Waals surface area contributed by atoms with Crippen LogP contribution in [0.4, 0.5) is 5.95 Å². The molecule has 1 aliphatic heterocycles. The molecule has 0 radical (unpaired) electrons. The van der Waals surface area contributed by atoms with Gasteiger partial charge in [0.15, 0.2) is 5.96 Å². The van der Waals surface area contributed by atoms with Gasteiger partial charge in [-0.3, -0.25) is 9.89 Å². The van der Waals surface area contributed by atoms with Crippen LogP contribution in [0.1, 0.15) is 17.7 Å². The van der Waals surface area contributed by atoms with Crippen molar-refractivity contribution in [2.45, 2.75) is 19.9 Å². The quantitative estimate of drug-likeness (QED) is 0.183. The molecule has 1 aromatic carbocycles. The highest BCUT2D eigenvalue weighted by molar-refractivity contribution is 14.0. The summed E-state index contributed by atoms with van der Waals surface area (Å²) in [4.78, 5) is 22.3. The zero-order chi connectivity index (χ0) is 22.9. The monoisotopic (exact) mass is 576 g/mol. The lowest BCUT2D eigenvalue weighted by atomic mass is 10.1. The van der Waals surface area contributed by atoms with Crippen molar-refractivity contribution in [3.8, 4) is 11.5 Å². The second-order valence-corrected chi connectivity index (χ2v) is 8.09. The predicted octanol–water partition coefficient (Wildman–Crippen LogP) is 2.94. The summed E-state index contributed by atoms with van der Waals surface area (Å²) < 4.78 is 5.63. The van der Waals surface area contributed by atoms with Crippen molar-refractivity contribution in [1.29, 1.82) is 0 Å². The van der Waals surface area contributed by atoms with E-state index in [4.69, 9.17) is 4.42 Å². The number of guanidine groups is 1. The Hall–Kier alpha value is -2.73. The van der Waals surface area contributed by atoms with E-state index in [1.54, 1.807) is 25.7 Å². The third-order valence-electron chi connectivity index (χ3n) is 5.66. The molecule has 0 bridgehead atoms. The van der Waals surface area contributed by atoms with Crippen molar-refractivity contribution >= 4 is 35.9 Å². The number of nitrogens with zero attached hydrogens (tertiary/aromatic N) is 6. The molecule has 0 unspecified atom stereocenters. The Morgan fingerprint density at radius 2 is 1.79 bits per heavy atom. The molecule has 10 heteroatoms. The van der Waals surface area contributed by atoms with E-state index < -0.39 is 0 Å². The summed E-state index contributed by atoms with van der Waals surface area (Å²) in [6, 6.07) is 10.0. The molecule has 1 aliphatic rings. The maximum atomic E-state index is 5.63. The SMILES string of the molecule is CN=C(NCCCN1CCN(c2ncccn2)CC1)NCc1coc(-c2ccc(C)cc2)n1.I. The summed E-state index contributed by atoms with van der Waals surface area (Å²) in [5.74, 6) is 2.22. The Kier molecular flexibility index (Phi) is 10.1. The predicted molar refractivity (Wildman–Crippen MR) is 146 cm³/mol. The molecule has 4 rings (SSSR count). The van der Waals surface area contributed by atoms with Crippen LogP contribution >= 0.6 is 24.0 Å². The van der Waals surface area contributed by atoms with E-state index in [1.165, 1.54) is 5.56 Å². The van der Waals surface area contributed by atoms with Crippen molar-refractivity contribution in [2.24, 2.45) is 4.99 Å². The summed E-state index contributed by atoms with van der Waals surface area (Å²) in [6.07, 6.45) is 6.33. The van der Waals surface area contributed by atoms with Crippen LogP contribution in [0.25, 0.3) is 11.5 Å². The first kappa shape index (κ1) is 25.9. The van der Waals surface area contributed by atoms with Crippen LogP contribution in [0.15, 0.2) is 58.4 Å². The number of nitrogens with one attached hydrogen (secondary N) is 2. The van der Waals surface area contributed by atoms with E-state index >= 15 is 0 Å². The Balaban J connectivity index is 0.00000324. The van der Waals surface area contributed by atoms with Crippen LogP contribution in [0.5, 0.6) is 0 Å². The summed E-state index contributed by atoms with van der Waals surface area (Å²) in [6.45, 7) is 8.51. The maximum absolute atomic E-state index is 5.63. The molecule has 9 nitrogen and oxygen atoms in total. The highest BCUT2D eigenvalue weighted by Crippen LogP contribution is 2.19. The van der Waals surface area contributed by atoms with E-state index in [0.717, 1.165) is 68.9 Å². The number of hydrogen-bond acceptors (Lipinski definition) is 7. The molecule has 3 aromatic rings. The fraction of sp³-hybridized carbons (Fsp3) is 0.417. The second kappa shape index (κ2) is 13.2. The number of anilines is 1. The van der Waals surface area contributed by atoms with Crippen LogP contribution in [-0.4, -0.2) is 72.1 Å². The van der Waals surface area contributed by atoms with Gasteiger partial charge >= 0.3 is 0 Å². The number of aromatic nitrogens is 3. The number of piperazine rings is 1. The molecule has 2 aromatic heterocycles. The van der Waals surface area contributed by atoms with Crippen molar-refractivity contribution in [3.05, 3.63) is 60.2 Å². The van der Waals surface area contributed by atoms with Gasteiger partial charge in [0.2, 0.25) is 11.8 Å². The third-order valence-corrected chi connectivity index (χ3v) is 5.66. The van der Waals surface area contributed by atoms with E-state index in [-0.39, 0.29) is 24.0 Å². The molecule has 2 N–H and O–H groups in total. The zero-order valence-electron chi connectivity index (χ0n) is 19.8. The van der Waals surface area contributed by atoms with Crippen LogP contribution in [0.2, 0.25) is 0 Å². The van der Waals surface area contributed by atoms with Gasteiger partial charge in [0.1, 0.15) is 6.26 Å². The number of oxazole rings is 1. The average Bonchev–Trinajstić information content (AvgIpc) is 3.34. The van der Waals surface area contributed by atoms with Gasteiger partial charge in [0, 0.05) is 57.7 Å². The van der Waals surface area contributed by atoms with Crippen LogP contribution in [0, 0.1) is 6.92 Å². The molecule has 34 heavy (non-hydrogen) atoms. The third kappa shape index (κ3) is 7.39. The smallest absolute Gasteiger partial charge is 0.226 e. The van der Waals surface area contributed by atoms with Gasteiger partial charge in [-0.1, -0.05) is 17.7 Å². The minimum Gasteiger partial charge on any atom is -0.444 e. The van der Waals surface area contributed by atoms with Crippen LogP contribution in [-0.2, 0) is 6.54 Å². The Morgan fingerprint density at radius 1 is 1.06 bits per heavy atom. The van der Waals surface area contributed by atoms with Gasteiger partial charge < -0.3 is 20.0 Å². The average molecular weight is 576 g/mol. The lowest BCUT2D eigenvalue weighted by molar-refractivity contribution is 0.254. The maximum Gasteiger partial charge on any atom is 0.226 e. The second-order valence-electron chi connectivity index (χ2n) is 8.09. The van der Waals surface area contributed by atoms with Gasteiger partial charge in [-0.25, -0.2) is 15.0 Å². The number of aliphatic imine (C=N–C) groups is 1. The lowest BCUT2D eigenvalue weighted by Crippen LogP contribution is -2.47. The van der Waals surface area contributed by atoms with E-state index in [1.807, 2.05) is 18.2 Å². The Labute approximate surface area is 218 Å². The van der Waals surface area contributed by atoms with E-state index in [2.05, 4.69) is 59.4 Å². The minimum atomic E-state index is 0. The molecular weight excluding hydrogens is 543 g/mol. The molecule has 0 amide bonds. The van der Waals surface area contributed by atoms with Crippen LogP contribution < -0.4 is 15.5 Å². The summed E-state index contributed by atoms with van der Waals surface area (Å²) in [5.41, 5.74) is 3.03. The number of halogens is 1. The normalized spacial score (nSPS) is 14.5. The summed E-state index contributed by atoms with van der Waals surface area (Å²) in [5, 5.41) is 6.69. The first-order valence-corrected chi connectivity index (χ1v) is 11.4. The zero-order valence-corrected chi connectivity index (χ0v) is 22.1. The Bertz CT molecular complexity index is 1020. The first-order chi connectivity index (χ1) is 16.2. The van der Waals surface area contributed by atoms with Gasteiger partial charge in [-0.05, 0) is 38.1 Å². The van der Waals surface area contributed by atoms with Crippen molar-refractivity contribution in [3.63, 3.8) is 0 Å². The number of benzene rings is 1. The fourth-order valence-corrected chi connectivity index (χ4v) is 3.75. The first-order valence-electron chi connectivity index (χ1n) is 11.4. The fourth-order valence-electron chi connectivity index (χ4n) is 3.75. The molecule has 0 aliphatic carbocycles. The molecule has 0 spiro atoms. The molecule has 3 heterocycles. The number of hydrogen-bond donors (Lipinski definition) is 2. The highest BCUT2D eigenvalue weighted by Gasteiger charge is 2.18. The number of aryl methyl sites for hydroxylation is 1. The van der Waals surface area contributed by atoms with E-state index in [9.17, 15) is 0 Å². The van der Waals surface area contributed by atoms with Gasteiger partial charge in [-0.2, -0.15) is 0 Å². The highest BCUT2D eigenvalue weighted by atomic mass is 127. The molecule has 182 valence electrons. The molecule has 0 saturated carbocycles. The summed E-state index contributed by atoms with van der Waals surface area (Å²) in [7, 11) is 1.78. The molecule has 0 atom stereocenters. The molecular formula is C24H33IN8O. The topological polar surface area (TPSA) is 94.7 Å². The minimum absolute atomic E-state index is 0. The molecule has 1 saturated heterocycles. The number of rotatable bonds is 8.